The Balaban J connectivity index is 0.00000225. The first-order chi connectivity index (χ1) is 7.15. The monoisotopic (exact) mass is 241 g/mol. The number of anilines is 1. The summed E-state index contributed by atoms with van der Waals surface area (Å²) in [6, 6.07) is 0. The molecule has 5 nitrogen and oxygen atoms in total. The maximum absolute atomic E-state index is 11.4. The van der Waals surface area contributed by atoms with Gasteiger partial charge >= 0.3 is 5.97 Å². The number of hydrogen-bond donors (Lipinski definition) is 1. The number of aliphatic imine (C=N–C) groups is 2. The van der Waals surface area contributed by atoms with Crippen molar-refractivity contribution in [2.24, 2.45) is 9.98 Å². The third-order valence-electron chi connectivity index (χ3n) is 1.66. The fraction of sp³-hybridized carbons (Fsp3) is 0.300. The third kappa shape index (κ3) is 2.46. The van der Waals surface area contributed by atoms with E-state index >= 15 is 0 Å². The van der Waals surface area contributed by atoms with Crippen molar-refractivity contribution in [2.45, 2.75) is 14.4 Å². The first-order valence-electron chi connectivity index (χ1n) is 4.18. The SMILES string of the molecule is C.C=Nc1sc(C(=O)OCC)c(N)c1N=C. The second kappa shape index (κ2) is 6.02. The van der Waals surface area contributed by atoms with E-state index in [9.17, 15) is 4.79 Å². The van der Waals surface area contributed by atoms with Crippen molar-refractivity contribution in [1.82, 2.24) is 0 Å². The molecular formula is C10H15N3O2S. The maximum Gasteiger partial charge on any atom is 0.350 e. The molecule has 1 aromatic heterocycles. The fourth-order valence-electron chi connectivity index (χ4n) is 1.03. The van der Waals surface area contributed by atoms with E-state index in [4.69, 9.17) is 10.5 Å². The molecule has 0 saturated heterocycles. The van der Waals surface area contributed by atoms with E-state index in [-0.39, 0.29) is 13.1 Å². The average molecular weight is 241 g/mol. The quantitative estimate of drug-likeness (QED) is 0.650. The summed E-state index contributed by atoms with van der Waals surface area (Å²) in [6.45, 7) is 8.74. The van der Waals surface area contributed by atoms with Crippen molar-refractivity contribution in [3.05, 3.63) is 4.88 Å². The van der Waals surface area contributed by atoms with Gasteiger partial charge in [-0.1, -0.05) is 7.43 Å². The van der Waals surface area contributed by atoms with Gasteiger partial charge in [-0.15, -0.1) is 11.3 Å². The lowest BCUT2D eigenvalue weighted by molar-refractivity contribution is 0.0533. The van der Waals surface area contributed by atoms with Crippen molar-refractivity contribution >= 4 is 47.1 Å². The molecule has 88 valence electrons. The molecule has 1 aromatic rings. The molecule has 0 saturated carbocycles. The summed E-state index contributed by atoms with van der Waals surface area (Å²) in [5.41, 5.74) is 6.34. The van der Waals surface area contributed by atoms with Gasteiger partial charge < -0.3 is 10.5 Å². The van der Waals surface area contributed by atoms with Crippen molar-refractivity contribution in [3.8, 4) is 0 Å². The predicted molar refractivity (Wildman–Crippen MR) is 69.8 cm³/mol. The van der Waals surface area contributed by atoms with Crippen LogP contribution in [0, 0.1) is 0 Å². The average Bonchev–Trinajstić information content (AvgIpc) is 2.55. The highest BCUT2D eigenvalue weighted by atomic mass is 32.1. The fourth-order valence-corrected chi connectivity index (χ4v) is 1.91. The van der Waals surface area contributed by atoms with Crippen LogP contribution in [0.2, 0.25) is 0 Å². The van der Waals surface area contributed by atoms with Crippen LogP contribution in [0.5, 0.6) is 0 Å². The number of nitrogen functional groups attached to an aromatic ring is 1. The van der Waals surface area contributed by atoms with Gasteiger partial charge in [0.25, 0.3) is 0 Å². The molecule has 0 bridgehead atoms. The van der Waals surface area contributed by atoms with Crippen LogP contribution in [-0.2, 0) is 4.74 Å². The Morgan fingerprint density at radius 3 is 2.50 bits per heavy atom. The molecule has 0 aliphatic heterocycles. The van der Waals surface area contributed by atoms with Gasteiger partial charge in [-0.05, 0) is 20.4 Å². The normalized spacial score (nSPS) is 9.06. The highest BCUT2D eigenvalue weighted by molar-refractivity contribution is 7.19. The molecular weight excluding hydrogens is 226 g/mol. The molecule has 0 unspecified atom stereocenters. The van der Waals surface area contributed by atoms with Gasteiger partial charge in [0, 0.05) is 0 Å². The molecule has 0 spiro atoms. The lowest BCUT2D eigenvalue weighted by atomic mass is 10.3. The largest absolute Gasteiger partial charge is 0.462 e. The summed E-state index contributed by atoms with van der Waals surface area (Å²) in [5.74, 6) is -0.472. The minimum atomic E-state index is -0.472. The number of esters is 1. The first-order valence-corrected chi connectivity index (χ1v) is 5.00. The second-order valence-corrected chi connectivity index (χ2v) is 3.53. The number of hydrogen-bond acceptors (Lipinski definition) is 6. The van der Waals surface area contributed by atoms with Crippen molar-refractivity contribution < 1.29 is 9.53 Å². The van der Waals surface area contributed by atoms with Crippen LogP contribution in [0.15, 0.2) is 9.98 Å². The Kier molecular flexibility index (Phi) is 5.38. The van der Waals surface area contributed by atoms with Crippen molar-refractivity contribution in [2.75, 3.05) is 12.3 Å². The zero-order valence-electron chi connectivity index (χ0n) is 8.32. The minimum absolute atomic E-state index is 0. The smallest absolute Gasteiger partial charge is 0.350 e. The van der Waals surface area contributed by atoms with E-state index < -0.39 is 5.97 Å². The lowest BCUT2D eigenvalue weighted by Gasteiger charge is -1.99. The number of thiophene rings is 1. The van der Waals surface area contributed by atoms with Crippen LogP contribution in [0.3, 0.4) is 0 Å². The standard InChI is InChI=1S/C9H11N3O2S.CH4/c1-4-14-9(13)7-5(10)6(11-2)8(12-3)15-7;/h2-4,10H2,1H3;1H4. The molecule has 16 heavy (non-hydrogen) atoms. The molecule has 1 heterocycles. The Hall–Kier alpha value is -1.69. The molecule has 0 fully saturated rings. The minimum Gasteiger partial charge on any atom is -0.462 e. The zero-order valence-corrected chi connectivity index (χ0v) is 9.13. The van der Waals surface area contributed by atoms with E-state index in [1.54, 1.807) is 6.92 Å². The number of nitrogens with zero attached hydrogens (tertiary/aromatic N) is 2. The van der Waals surface area contributed by atoms with Crippen LogP contribution in [0.1, 0.15) is 24.0 Å². The molecule has 0 aliphatic carbocycles. The van der Waals surface area contributed by atoms with Crippen LogP contribution in [0.25, 0.3) is 0 Å². The Morgan fingerprint density at radius 1 is 1.50 bits per heavy atom. The van der Waals surface area contributed by atoms with Crippen molar-refractivity contribution in [3.63, 3.8) is 0 Å². The lowest BCUT2D eigenvalue weighted by Crippen LogP contribution is -2.04. The number of carbonyl (C=O) groups is 1. The topological polar surface area (TPSA) is 77.0 Å². The van der Waals surface area contributed by atoms with Crippen LogP contribution in [0.4, 0.5) is 16.4 Å². The molecule has 0 amide bonds. The first kappa shape index (κ1) is 14.3. The van der Waals surface area contributed by atoms with Crippen LogP contribution < -0.4 is 5.73 Å². The Bertz CT molecular complexity index is 412. The van der Waals surface area contributed by atoms with E-state index in [1.807, 2.05) is 0 Å². The summed E-state index contributed by atoms with van der Waals surface area (Å²) in [4.78, 5) is 19.2. The number of carbonyl (C=O) groups excluding carboxylic acids is 1. The van der Waals surface area contributed by atoms with Crippen LogP contribution >= 0.6 is 11.3 Å². The summed E-state index contributed by atoms with van der Waals surface area (Å²) >= 11 is 1.10. The second-order valence-electron chi connectivity index (χ2n) is 2.54. The summed E-state index contributed by atoms with van der Waals surface area (Å²) in [6.07, 6.45) is 0. The summed E-state index contributed by atoms with van der Waals surface area (Å²) < 4.78 is 4.83. The van der Waals surface area contributed by atoms with Gasteiger partial charge in [0.05, 0.1) is 12.3 Å². The van der Waals surface area contributed by atoms with Gasteiger partial charge in [-0.3, -0.25) is 9.98 Å². The molecule has 0 atom stereocenters. The summed E-state index contributed by atoms with van der Waals surface area (Å²) in [5, 5.41) is 0.477. The molecule has 2 N–H and O–H groups in total. The predicted octanol–water partition coefficient (Wildman–Crippen LogP) is 2.81. The molecule has 0 radical (unpaired) electrons. The van der Waals surface area contributed by atoms with Gasteiger partial charge in [0.15, 0.2) is 0 Å². The highest BCUT2D eigenvalue weighted by Gasteiger charge is 2.20. The van der Waals surface area contributed by atoms with E-state index in [1.165, 1.54) is 0 Å². The van der Waals surface area contributed by atoms with E-state index in [2.05, 4.69) is 23.4 Å². The van der Waals surface area contributed by atoms with Crippen LogP contribution in [-0.4, -0.2) is 26.0 Å². The molecule has 1 rings (SSSR count). The molecule has 6 heteroatoms. The Morgan fingerprint density at radius 2 is 2.12 bits per heavy atom. The van der Waals surface area contributed by atoms with E-state index in [0.717, 1.165) is 11.3 Å². The molecule has 0 aromatic carbocycles. The van der Waals surface area contributed by atoms with E-state index in [0.29, 0.717) is 22.2 Å². The highest BCUT2D eigenvalue weighted by Crippen LogP contribution is 2.44. The zero-order chi connectivity index (χ0) is 11.4. The van der Waals surface area contributed by atoms with Gasteiger partial charge in [0.2, 0.25) is 0 Å². The van der Waals surface area contributed by atoms with Gasteiger partial charge in [0.1, 0.15) is 15.6 Å². The Labute approximate surface area is 98.7 Å². The molecule has 0 aliphatic rings. The number of ether oxygens (including phenoxy) is 1. The maximum atomic E-state index is 11.4. The van der Waals surface area contributed by atoms with Gasteiger partial charge in [-0.2, -0.15) is 0 Å². The van der Waals surface area contributed by atoms with Crippen molar-refractivity contribution in [1.29, 1.82) is 0 Å². The number of nitrogens with two attached hydrogens (primary N) is 1. The summed E-state index contributed by atoms with van der Waals surface area (Å²) in [7, 11) is 0. The number of rotatable bonds is 4. The van der Waals surface area contributed by atoms with Gasteiger partial charge in [-0.25, -0.2) is 4.79 Å². The third-order valence-corrected chi connectivity index (χ3v) is 2.77.